The summed E-state index contributed by atoms with van der Waals surface area (Å²) < 4.78 is 0. The van der Waals surface area contributed by atoms with Crippen LogP contribution in [0.4, 0.5) is 0 Å². The first kappa shape index (κ1) is 13.1. The topological polar surface area (TPSA) is 46.3 Å². The Labute approximate surface area is 109 Å². The smallest absolute Gasteiger partial charge is 0.253 e. The molecule has 0 saturated carbocycles. The molecule has 1 aromatic rings. The van der Waals surface area contributed by atoms with Gasteiger partial charge in [-0.3, -0.25) is 4.79 Å². The molecule has 98 valence electrons. The average Bonchev–Trinajstić information content (AvgIpc) is 2.37. The molecule has 2 N–H and O–H groups in total. The van der Waals surface area contributed by atoms with Crippen LogP contribution in [0.25, 0.3) is 0 Å². The molecule has 0 bridgehead atoms. The van der Waals surface area contributed by atoms with E-state index < -0.39 is 0 Å². The van der Waals surface area contributed by atoms with Gasteiger partial charge >= 0.3 is 0 Å². The third kappa shape index (κ3) is 2.91. The molecule has 1 aliphatic heterocycles. The number of hydrogen-bond acceptors (Lipinski definition) is 2. The number of rotatable bonds is 2. The quantitative estimate of drug-likeness (QED) is 0.870. The van der Waals surface area contributed by atoms with Gasteiger partial charge in [0.15, 0.2) is 0 Å². The molecule has 1 saturated heterocycles. The predicted octanol–water partition coefficient (Wildman–Crippen LogP) is 2.26. The van der Waals surface area contributed by atoms with Gasteiger partial charge in [0.2, 0.25) is 0 Å². The summed E-state index contributed by atoms with van der Waals surface area (Å²) in [5.41, 5.74) is 7.39. The Morgan fingerprint density at radius 3 is 2.61 bits per heavy atom. The van der Waals surface area contributed by atoms with Gasteiger partial charge in [-0.2, -0.15) is 0 Å². The zero-order chi connectivity index (χ0) is 13.1. The van der Waals surface area contributed by atoms with Gasteiger partial charge in [0.1, 0.15) is 0 Å². The van der Waals surface area contributed by atoms with Crippen molar-refractivity contribution in [2.75, 3.05) is 13.1 Å². The summed E-state index contributed by atoms with van der Waals surface area (Å²) in [5.74, 6) is 1.33. The normalized spacial score (nSPS) is 24.1. The van der Waals surface area contributed by atoms with Crippen molar-refractivity contribution in [1.82, 2.24) is 4.90 Å². The summed E-state index contributed by atoms with van der Waals surface area (Å²) in [6, 6.07) is 7.65. The molecule has 1 aliphatic rings. The first-order chi connectivity index (χ1) is 8.60. The summed E-state index contributed by atoms with van der Waals surface area (Å²) in [4.78, 5) is 14.4. The van der Waals surface area contributed by atoms with Gasteiger partial charge in [-0.15, -0.1) is 0 Å². The third-order valence-electron chi connectivity index (χ3n) is 3.57. The maximum Gasteiger partial charge on any atom is 0.253 e. The zero-order valence-electron chi connectivity index (χ0n) is 11.2. The monoisotopic (exact) mass is 246 g/mol. The Morgan fingerprint density at radius 1 is 1.33 bits per heavy atom. The second kappa shape index (κ2) is 5.53. The van der Waals surface area contributed by atoms with Crippen LogP contribution in [-0.4, -0.2) is 23.9 Å². The Balaban J connectivity index is 2.14. The molecular weight excluding hydrogens is 224 g/mol. The van der Waals surface area contributed by atoms with E-state index in [1.54, 1.807) is 0 Å². The van der Waals surface area contributed by atoms with Crippen LogP contribution >= 0.6 is 0 Å². The van der Waals surface area contributed by atoms with Crippen LogP contribution in [-0.2, 0) is 6.54 Å². The van der Waals surface area contributed by atoms with Crippen LogP contribution in [0.15, 0.2) is 24.3 Å². The van der Waals surface area contributed by atoms with Gasteiger partial charge in [-0.1, -0.05) is 26.0 Å². The number of hydrogen-bond donors (Lipinski definition) is 1. The fourth-order valence-corrected chi connectivity index (χ4v) is 2.84. The molecule has 1 fully saturated rings. The van der Waals surface area contributed by atoms with Crippen molar-refractivity contribution >= 4 is 5.91 Å². The molecule has 1 heterocycles. The first-order valence-electron chi connectivity index (χ1n) is 6.68. The molecule has 2 unspecified atom stereocenters. The van der Waals surface area contributed by atoms with E-state index in [0.29, 0.717) is 18.4 Å². The lowest BCUT2D eigenvalue weighted by Crippen LogP contribution is -2.42. The second-order valence-corrected chi connectivity index (χ2v) is 5.56. The molecule has 18 heavy (non-hydrogen) atoms. The van der Waals surface area contributed by atoms with Gasteiger partial charge in [0, 0.05) is 25.2 Å². The van der Waals surface area contributed by atoms with Crippen LogP contribution in [0, 0.1) is 11.8 Å². The van der Waals surface area contributed by atoms with E-state index in [9.17, 15) is 4.79 Å². The van der Waals surface area contributed by atoms with Crippen molar-refractivity contribution in [3.63, 3.8) is 0 Å². The van der Waals surface area contributed by atoms with Gasteiger partial charge in [-0.25, -0.2) is 0 Å². The lowest BCUT2D eigenvalue weighted by atomic mass is 9.91. The summed E-state index contributed by atoms with van der Waals surface area (Å²) in [5, 5.41) is 0. The van der Waals surface area contributed by atoms with E-state index in [4.69, 9.17) is 5.73 Å². The van der Waals surface area contributed by atoms with Crippen molar-refractivity contribution in [3.8, 4) is 0 Å². The summed E-state index contributed by atoms with van der Waals surface area (Å²) >= 11 is 0. The largest absolute Gasteiger partial charge is 0.338 e. The highest BCUT2D eigenvalue weighted by atomic mass is 16.2. The number of benzene rings is 1. The van der Waals surface area contributed by atoms with Crippen molar-refractivity contribution in [1.29, 1.82) is 0 Å². The highest BCUT2D eigenvalue weighted by molar-refractivity contribution is 5.94. The molecule has 0 aromatic heterocycles. The SMILES string of the molecule is CC1CC(C)CN(C(=O)c2cccc(CN)c2)C1. The zero-order valence-corrected chi connectivity index (χ0v) is 11.2. The highest BCUT2D eigenvalue weighted by Crippen LogP contribution is 2.22. The molecule has 2 atom stereocenters. The highest BCUT2D eigenvalue weighted by Gasteiger charge is 2.25. The van der Waals surface area contributed by atoms with Crippen LogP contribution in [0.5, 0.6) is 0 Å². The van der Waals surface area contributed by atoms with E-state index in [0.717, 1.165) is 24.2 Å². The number of likely N-dealkylation sites (tertiary alicyclic amines) is 1. The van der Waals surface area contributed by atoms with Crippen LogP contribution in [0.2, 0.25) is 0 Å². The first-order valence-corrected chi connectivity index (χ1v) is 6.68. The summed E-state index contributed by atoms with van der Waals surface area (Å²) in [6.45, 7) is 6.65. The van der Waals surface area contributed by atoms with E-state index in [-0.39, 0.29) is 5.91 Å². The van der Waals surface area contributed by atoms with Crippen molar-refractivity contribution < 1.29 is 4.79 Å². The predicted molar refractivity (Wildman–Crippen MR) is 73.2 cm³/mol. The lowest BCUT2D eigenvalue weighted by molar-refractivity contribution is 0.0623. The van der Waals surface area contributed by atoms with E-state index in [1.807, 2.05) is 29.2 Å². The maximum absolute atomic E-state index is 12.4. The molecule has 0 spiro atoms. The molecule has 3 heteroatoms. The second-order valence-electron chi connectivity index (χ2n) is 5.56. The minimum absolute atomic E-state index is 0.142. The third-order valence-corrected chi connectivity index (χ3v) is 3.57. The van der Waals surface area contributed by atoms with Crippen molar-refractivity contribution in [2.24, 2.45) is 17.6 Å². The van der Waals surface area contributed by atoms with E-state index in [2.05, 4.69) is 13.8 Å². The Hall–Kier alpha value is -1.35. The van der Waals surface area contributed by atoms with Gasteiger partial charge in [0.25, 0.3) is 5.91 Å². The average molecular weight is 246 g/mol. The minimum atomic E-state index is 0.142. The molecule has 2 rings (SSSR count). The number of carbonyl (C=O) groups is 1. The number of nitrogens with zero attached hydrogens (tertiary/aromatic N) is 1. The fourth-order valence-electron chi connectivity index (χ4n) is 2.84. The molecule has 1 aromatic carbocycles. The number of amides is 1. The van der Waals surface area contributed by atoms with Crippen molar-refractivity contribution in [3.05, 3.63) is 35.4 Å². The Bertz CT molecular complexity index is 420. The van der Waals surface area contributed by atoms with Crippen molar-refractivity contribution in [2.45, 2.75) is 26.8 Å². The van der Waals surface area contributed by atoms with Gasteiger partial charge in [0.05, 0.1) is 0 Å². The molecular formula is C15H22N2O. The van der Waals surface area contributed by atoms with E-state index >= 15 is 0 Å². The minimum Gasteiger partial charge on any atom is -0.338 e. The van der Waals surface area contributed by atoms with E-state index in [1.165, 1.54) is 6.42 Å². The summed E-state index contributed by atoms with van der Waals surface area (Å²) in [7, 11) is 0. The number of nitrogens with two attached hydrogens (primary N) is 1. The van der Waals surface area contributed by atoms with Crippen LogP contribution in [0.3, 0.4) is 0 Å². The lowest BCUT2D eigenvalue weighted by Gasteiger charge is -2.35. The van der Waals surface area contributed by atoms with Gasteiger partial charge in [-0.05, 0) is 36.0 Å². The molecule has 0 aliphatic carbocycles. The Kier molecular flexibility index (Phi) is 4.02. The Morgan fingerprint density at radius 2 is 2.00 bits per heavy atom. The summed E-state index contributed by atoms with van der Waals surface area (Å²) in [6.07, 6.45) is 1.21. The van der Waals surface area contributed by atoms with Gasteiger partial charge < -0.3 is 10.6 Å². The number of piperidine rings is 1. The molecule has 0 radical (unpaired) electrons. The molecule has 1 amide bonds. The number of carbonyl (C=O) groups excluding carboxylic acids is 1. The van der Waals surface area contributed by atoms with Crippen LogP contribution < -0.4 is 5.73 Å². The maximum atomic E-state index is 12.4. The van der Waals surface area contributed by atoms with Crippen LogP contribution in [0.1, 0.15) is 36.2 Å². The standard InChI is InChI=1S/C15H22N2O/c1-11-6-12(2)10-17(9-11)15(18)14-5-3-4-13(7-14)8-16/h3-5,7,11-12H,6,8-10,16H2,1-2H3. The fraction of sp³-hybridized carbons (Fsp3) is 0.533. The molecule has 3 nitrogen and oxygen atoms in total.